The molecule has 1 saturated heterocycles. The molecule has 1 aliphatic rings. The molecule has 1 aromatic carbocycles. The first-order valence-corrected chi connectivity index (χ1v) is 10.6. The zero-order chi connectivity index (χ0) is 22.8. The first-order valence-electron chi connectivity index (χ1n) is 10.6. The summed E-state index contributed by atoms with van der Waals surface area (Å²) in [5, 5.41) is 19.2. The van der Waals surface area contributed by atoms with Crippen molar-refractivity contribution in [3.63, 3.8) is 0 Å². The summed E-state index contributed by atoms with van der Waals surface area (Å²) in [4.78, 5) is 26.3. The average molecular weight is 429 g/mol. The van der Waals surface area contributed by atoms with Crippen molar-refractivity contribution in [2.24, 2.45) is 0 Å². The maximum atomic E-state index is 12.7. The topological polar surface area (TPSA) is 92.0 Å². The molecule has 1 aromatic heterocycles. The van der Waals surface area contributed by atoms with Crippen molar-refractivity contribution in [2.45, 2.75) is 64.3 Å². The van der Waals surface area contributed by atoms with E-state index in [2.05, 4.69) is 0 Å². The van der Waals surface area contributed by atoms with Gasteiger partial charge in [-0.05, 0) is 50.5 Å². The third-order valence-corrected chi connectivity index (χ3v) is 5.77. The lowest BCUT2D eigenvalue weighted by Gasteiger charge is -2.43. The summed E-state index contributed by atoms with van der Waals surface area (Å²) < 4.78 is 7.21. The molecule has 1 aliphatic heterocycles. The lowest BCUT2D eigenvalue weighted by atomic mass is 9.87. The number of nitrogens with zero attached hydrogens (tertiary/aromatic N) is 2. The summed E-state index contributed by atoms with van der Waals surface area (Å²) in [6.07, 6.45) is 2.41. The third kappa shape index (κ3) is 5.54. The minimum Gasteiger partial charge on any atom is -0.443 e. The Bertz CT molecular complexity index is 977. The second kappa shape index (κ2) is 8.85. The lowest BCUT2D eigenvalue weighted by Crippen LogP contribution is -2.51. The molecule has 1 amide bonds. The summed E-state index contributed by atoms with van der Waals surface area (Å²) in [7, 11) is 0. The maximum absolute atomic E-state index is 12.7. The number of hydrogen-bond acceptors (Lipinski definition) is 5. The molecule has 3 rings (SSSR count). The fourth-order valence-electron chi connectivity index (χ4n) is 4.28. The molecule has 0 saturated carbocycles. The Hall–Kier alpha value is -2.64. The molecular weight excluding hydrogens is 396 g/mol. The van der Waals surface area contributed by atoms with E-state index in [0.717, 1.165) is 16.7 Å². The van der Waals surface area contributed by atoms with Crippen LogP contribution in [0, 0.1) is 0 Å². The van der Waals surface area contributed by atoms with Crippen molar-refractivity contribution in [3.8, 4) is 11.1 Å². The van der Waals surface area contributed by atoms with E-state index in [1.54, 1.807) is 31.0 Å². The normalized spacial score (nSPS) is 20.5. The zero-order valence-electron chi connectivity index (χ0n) is 18.7. The number of carbonyl (C=O) groups excluding carboxylic acids is 1. The Morgan fingerprint density at radius 1 is 1.13 bits per heavy atom. The average Bonchev–Trinajstić information content (AvgIpc) is 2.68. The summed E-state index contributed by atoms with van der Waals surface area (Å²) in [6.45, 7) is 8.00. The van der Waals surface area contributed by atoms with Crippen LogP contribution < -0.4 is 5.56 Å². The number of amides is 1. The van der Waals surface area contributed by atoms with Gasteiger partial charge in [0.15, 0.2) is 0 Å². The van der Waals surface area contributed by atoms with Gasteiger partial charge in [-0.15, -0.1) is 0 Å². The predicted molar refractivity (Wildman–Crippen MR) is 119 cm³/mol. The number of rotatable bonds is 7. The number of ether oxygens (including phenoxy) is 1. The van der Waals surface area contributed by atoms with E-state index < -0.39 is 11.2 Å². The Balaban J connectivity index is 1.72. The third-order valence-electron chi connectivity index (χ3n) is 5.77. The van der Waals surface area contributed by atoms with Gasteiger partial charge in [0.25, 0.3) is 5.56 Å². The highest BCUT2D eigenvalue weighted by molar-refractivity contribution is 5.70. The van der Waals surface area contributed by atoms with Crippen molar-refractivity contribution >= 4 is 6.09 Å². The van der Waals surface area contributed by atoms with Crippen LogP contribution in [0.2, 0.25) is 0 Å². The number of aliphatic hydroxyl groups excluding tert-OH is 1. The summed E-state index contributed by atoms with van der Waals surface area (Å²) in [5.74, 6) is 0. The van der Waals surface area contributed by atoms with E-state index in [1.165, 1.54) is 10.6 Å². The van der Waals surface area contributed by atoms with Crippen molar-refractivity contribution in [2.75, 3.05) is 13.2 Å². The number of pyridine rings is 1. The molecule has 168 valence electrons. The van der Waals surface area contributed by atoms with Crippen molar-refractivity contribution in [3.05, 3.63) is 58.5 Å². The first kappa shape index (κ1) is 23.0. The SMILES string of the molecule is C[C@@H](c1ccc(-c2ccc(=O)n(CCO)c2)cc1)N1CC[C@@](C)(CC(C)(C)O)OC1=O. The van der Waals surface area contributed by atoms with Crippen LogP contribution in [0.5, 0.6) is 0 Å². The Morgan fingerprint density at radius 3 is 2.35 bits per heavy atom. The van der Waals surface area contributed by atoms with Crippen molar-refractivity contribution in [1.82, 2.24) is 9.47 Å². The number of hydrogen-bond donors (Lipinski definition) is 2. The molecule has 7 nitrogen and oxygen atoms in total. The van der Waals surface area contributed by atoms with Gasteiger partial charge in [-0.25, -0.2) is 4.79 Å². The van der Waals surface area contributed by atoms with Gasteiger partial charge in [-0.3, -0.25) is 4.79 Å². The van der Waals surface area contributed by atoms with Gasteiger partial charge >= 0.3 is 6.09 Å². The van der Waals surface area contributed by atoms with E-state index in [4.69, 9.17) is 9.84 Å². The van der Waals surface area contributed by atoms with Gasteiger partial charge in [-0.1, -0.05) is 24.3 Å². The van der Waals surface area contributed by atoms with E-state index in [0.29, 0.717) is 19.4 Å². The molecule has 7 heteroatoms. The van der Waals surface area contributed by atoms with Crippen LogP contribution in [0.15, 0.2) is 47.4 Å². The van der Waals surface area contributed by atoms with Gasteiger partial charge in [0.2, 0.25) is 0 Å². The fraction of sp³-hybridized carbons (Fsp3) is 0.500. The van der Waals surface area contributed by atoms with Crippen LogP contribution in [0.4, 0.5) is 4.79 Å². The van der Waals surface area contributed by atoms with E-state index >= 15 is 0 Å². The predicted octanol–water partition coefficient (Wildman–Crippen LogP) is 3.33. The fourth-order valence-corrected chi connectivity index (χ4v) is 4.28. The molecular formula is C24H32N2O5. The highest BCUT2D eigenvalue weighted by Crippen LogP contribution is 2.35. The first-order chi connectivity index (χ1) is 14.5. The molecule has 31 heavy (non-hydrogen) atoms. The van der Waals surface area contributed by atoms with Crippen LogP contribution in [0.1, 0.15) is 52.1 Å². The van der Waals surface area contributed by atoms with Crippen molar-refractivity contribution < 1.29 is 19.7 Å². The van der Waals surface area contributed by atoms with E-state index in [9.17, 15) is 14.7 Å². The van der Waals surface area contributed by atoms with Gasteiger partial charge in [-0.2, -0.15) is 0 Å². The molecule has 0 spiro atoms. The lowest BCUT2D eigenvalue weighted by molar-refractivity contribution is -0.0859. The summed E-state index contributed by atoms with van der Waals surface area (Å²) in [6, 6.07) is 11.0. The standard InChI is InChI=1S/C24H32N2O5/c1-17(26-12-11-24(4,31-22(26)29)16-23(2,3)30)18-5-7-19(8-6-18)20-9-10-21(28)25(15-20)13-14-27/h5-10,15,17,27,30H,11-14,16H2,1-4H3/t17-,24-/m0/s1. The molecule has 0 bridgehead atoms. The molecule has 0 unspecified atom stereocenters. The molecule has 2 aromatic rings. The minimum atomic E-state index is -0.904. The quantitative estimate of drug-likeness (QED) is 0.706. The number of cyclic esters (lactones) is 1. The van der Waals surface area contributed by atoms with E-state index in [1.807, 2.05) is 38.1 Å². The highest BCUT2D eigenvalue weighted by Gasteiger charge is 2.41. The Kier molecular flexibility index (Phi) is 6.57. The molecule has 2 heterocycles. The number of aliphatic hydroxyl groups is 2. The van der Waals surface area contributed by atoms with Gasteiger partial charge in [0.1, 0.15) is 5.60 Å². The van der Waals surface area contributed by atoms with Crippen LogP contribution in [-0.4, -0.2) is 50.1 Å². The molecule has 0 aliphatic carbocycles. The number of carbonyl (C=O) groups is 1. The van der Waals surface area contributed by atoms with Gasteiger partial charge in [0.05, 0.1) is 18.2 Å². The Labute approximate surface area is 182 Å². The van der Waals surface area contributed by atoms with Crippen LogP contribution in [0.3, 0.4) is 0 Å². The monoisotopic (exact) mass is 428 g/mol. The number of aromatic nitrogens is 1. The van der Waals surface area contributed by atoms with Crippen molar-refractivity contribution in [1.29, 1.82) is 0 Å². The summed E-state index contributed by atoms with van der Waals surface area (Å²) >= 11 is 0. The molecule has 2 N–H and O–H groups in total. The second-order valence-corrected chi connectivity index (χ2v) is 9.22. The zero-order valence-corrected chi connectivity index (χ0v) is 18.7. The number of benzene rings is 1. The molecule has 1 fully saturated rings. The maximum Gasteiger partial charge on any atom is 0.410 e. The molecule has 2 atom stereocenters. The summed E-state index contributed by atoms with van der Waals surface area (Å²) in [5.41, 5.74) is 1.08. The van der Waals surface area contributed by atoms with E-state index in [-0.39, 0.29) is 30.8 Å². The van der Waals surface area contributed by atoms with Crippen LogP contribution in [0.25, 0.3) is 11.1 Å². The van der Waals surface area contributed by atoms with Gasteiger partial charge < -0.3 is 24.4 Å². The Morgan fingerprint density at radius 2 is 1.77 bits per heavy atom. The van der Waals surface area contributed by atoms with Gasteiger partial charge in [0, 0.05) is 38.2 Å². The van der Waals surface area contributed by atoms with Crippen LogP contribution >= 0.6 is 0 Å². The minimum absolute atomic E-state index is 0.0966. The largest absolute Gasteiger partial charge is 0.443 e. The highest BCUT2D eigenvalue weighted by atomic mass is 16.6. The van der Waals surface area contributed by atoms with Crippen LogP contribution in [-0.2, 0) is 11.3 Å². The second-order valence-electron chi connectivity index (χ2n) is 9.22. The smallest absolute Gasteiger partial charge is 0.410 e. The molecule has 0 radical (unpaired) electrons.